The second-order valence-corrected chi connectivity index (χ2v) is 7.79. The van der Waals surface area contributed by atoms with Crippen LogP contribution in [0, 0.1) is 5.13 Å². The van der Waals surface area contributed by atoms with Gasteiger partial charge in [-0.3, -0.25) is 14.9 Å². The summed E-state index contributed by atoms with van der Waals surface area (Å²) in [4.78, 5) is 40.4. The zero-order valence-electron chi connectivity index (χ0n) is 14.2. The molecule has 3 heterocycles. The van der Waals surface area contributed by atoms with E-state index in [0.717, 1.165) is 11.8 Å². The number of pyridine rings is 1. The zero-order chi connectivity index (χ0) is 19.6. The molecule has 0 aliphatic carbocycles. The maximum atomic E-state index is 13.7. The Labute approximate surface area is 161 Å². The molecule has 3 rings (SSSR count). The summed E-state index contributed by atoms with van der Waals surface area (Å²) in [7, 11) is 0. The molecule has 142 valence electrons. The van der Waals surface area contributed by atoms with Crippen molar-refractivity contribution in [1.29, 1.82) is 0 Å². The Hall–Kier alpha value is -2.66. The number of nitrogens with zero attached hydrogens (tertiary/aromatic N) is 1. The van der Waals surface area contributed by atoms with Crippen LogP contribution >= 0.6 is 23.1 Å². The Balaban J connectivity index is 1.68. The van der Waals surface area contributed by atoms with Crippen LogP contribution in [0.5, 0.6) is 0 Å². The molecule has 2 aromatic rings. The van der Waals surface area contributed by atoms with E-state index < -0.39 is 34.5 Å². The van der Waals surface area contributed by atoms with Gasteiger partial charge < -0.3 is 15.4 Å². The zero-order valence-corrected chi connectivity index (χ0v) is 15.9. The molecule has 0 fully saturated rings. The van der Waals surface area contributed by atoms with Crippen LogP contribution in [0.3, 0.4) is 0 Å². The lowest BCUT2D eigenvalue weighted by molar-refractivity contribution is -0.115. The largest absolute Gasteiger partial charge is 0.447 e. The average Bonchev–Trinajstić information content (AvgIpc) is 3.17. The molecule has 0 saturated carbocycles. The number of ether oxygens (including phenoxy) is 1. The van der Waals surface area contributed by atoms with Gasteiger partial charge in [-0.25, -0.2) is 9.78 Å². The molecule has 0 bridgehead atoms. The topological polar surface area (TPSA) is 109 Å². The van der Waals surface area contributed by atoms with Crippen LogP contribution in [0.15, 0.2) is 29.4 Å². The first-order chi connectivity index (χ1) is 12.8. The molecule has 1 aliphatic heterocycles. The second-order valence-electron chi connectivity index (χ2n) is 5.69. The number of thioether (sulfide) groups is 1. The monoisotopic (exact) mass is 410 g/mol. The SMILES string of the molecule is CC(C)OC(=O)NC(=O)c1cc(F)sc1NC(=O)C1Nc2cccnc2S1. The van der Waals surface area contributed by atoms with E-state index in [1.807, 2.05) is 5.32 Å². The molecule has 3 amide bonds. The summed E-state index contributed by atoms with van der Waals surface area (Å²) in [5.41, 5.74) is 0.555. The number of thiophene rings is 1. The molecule has 27 heavy (non-hydrogen) atoms. The highest BCUT2D eigenvalue weighted by molar-refractivity contribution is 8.01. The summed E-state index contributed by atoms with van der Waals surface area (Å²) < 4.78 is 18.5. The van der Waals surface area contributed by atoms with Crippen LogP contribution in [0.1, 0.15) is 24.2 Å². The van der Waals surface area contributed by atoms with Gasteiger partial charge in [0.1, 0.15) is 10.0 Å². The third kappa shape index (κ3) is 4.55. The first-order valence-electron chi connectivity index (χ1n) is 7.84. The highest BCUT2D eigenvalue weighted by atomic mass is 32.2. The van der Waals surface area contributed by atoms with Gasteiger partial charge >= 0.3 is 6.09 Å². The van der Waals surface area contributed by atoms with Gasteiger partial charge in [0.25, 0.3) is 11.8 Å². The molecule has 0 radical (unpaired) electrons. The molecule has 11 heteroatoms. The van der Waals surface area contributed by atoms with E-state index in [4.69, 9.17) is 4.74 Å². The van der Waals surface area contributed by atoms with Crippen LogP contribution in [-0.2, 0) is 9.53 Å². The lowest BCUT2D eigenvalue weighted by Gasteiger charge is -2.12. The van der Waals surface area contributed by atoms with E-state index in [0.29, 0.717) is 16.4 Å². The number of amides is 3. The summed E-state index contributed by atoms with van der Waals surface area (Å²) >= 11 is 1.79. The van der Waals surface area contributed by atoms with Gasteiger partial charge in [0.05, 0.1) is 17.4 Å². The highest BCUT2D eigenvalue weighted by Crippen LogP contribution is 2.37. The van der Waals surface area contributed by atoms with E-state index in [9.17, 15) is 18.8 Å². The Kier molecular flexibility index (Phi) is 5.61. The fourth-order valence-corrected chi connectivity index (χ4v) is 3.94. The third-order valence-corrected chi connectivity index (χ3v) is 5.22. The number of rotatable bonds is 4. The number of nitrogens with one attached hydrogen (secondary N) is 3. The van der Waals surface area contributed by atoms with Crippen molar-refractivity contribution in [2.75, 3.05) is 10.6 Å². The van der Waals surface area contributed by atoms with Crippen molar-refractivity contribution in [3.05, 3.63) is 35.1 Å². The molecule has 1 atom stereocenters. The minimum atomic E-state index is -0.951. The van der Waals surface area contributed by atoms with Crippen molar-refractivity contribution >= 4 is 51.7 Å². The van der Waals surface area contributed by atoms with Crippen LogP contribution in [0.25, 0.3) is 0 Å². The normalized spacial score (nSPS) is 15.0. The predicted octanol–water partition coefficient (Wildman–Crippen LogP) is 3.04. The smallest absolute Gasteiger partial charge is 0.414 e. The minimum absolute atomic E-state index is 0.00124. The Bertz CT molecular complexity index is 877. The Morgan fingerprint density at radius 3 is 2.85 bits per heavy atom. The molecule has 0 saturated heterocycles. The first kappa shape index (κ1) is 19.1. The van der Waals surface area contributed by atoms with E-state index in [1.165, 1.54) is 11.8 Å². The molecule has 1 aliphatic rings. The number of hydrogen-bond acceptors (Lipinski definition) is 8. The van der Waals surface area contributed by atoms with Gasteiger partial charge in [-0.15, -0.1) is 0 Å². The summed E-state index contributed by atoms with van der Waals surface area (Å²) in [5.74, 6) is -1.34. The summed E-state index contributed by atoms with van der Waals surface area (Å²) in [5, 5.41) is 6.82. The predicted molar refractivity (Wildman–Crippen MR) is 99.5 cm³/mol. The molecule has 0 aromatic carbocycles. The number of anilines is 2. The minimum Gasteiger partial charge on any atom is -0.447 e. The Morgan fingerprint density at radius 2 is 2.15 bits per heavy atom. The van der Waals surface area contributed by atoms with Crippen LogP contribution < -0.4 is 16.0 Å². The molecular formula is C16H15FN4O4S2. The number of halogens is 1. The quantitative estimate of drug-likeness (QED) is 0.711. The van der Waals surface area contributed by atoms with Crippen molar-refractivity contribution in [3.8, 4) is 0 Å². The lowest BCUT2D eigenvalue weighted by atomic mass is 10.3. The maximum Gasteiger partial charge on any atom is 0.414 e. The third-order valence-electron chi connectivity index (χ3n) is 3.27. The number of carbonyl (C=O) groups excluding carboxylic acids is 3. The van der Waals surface area contributed by atoms with Crippen molar-refractivity contribution in [3.63, 3.8) is 0 Å². The molecule has 1 unspecified atom stereocenters. The van der Waals surface area contributed by atoms with Crippen LogP contribution in [0.4, 0.5) is 19.9 Å². The lowest BCUT2D eigenvalue weighted by Crippen LogP contribution is -2.34. The number of fused-ring (bicyclic) bond motifs is 1. The molecule has 2 aromatic heterocycles. The first-order valence-corrected chi connectivity index (χ1v) is 9.53. The van der Waals surface area contributed by atoms with Crippen molar-refractivity contribution in [2.45, 2.75) is 30.4 Å². The van der Waals surface area contributed by atoms with Gasteiger partial charge in [-0.1, -0.05) is 23.1 Å². The molecule has 3 N–H and O–H groups in total. The fraction of sp³-hybridized carbons (Fsp3) is 0.250. The fourth-order valence-electron chi connectivity index (χ4n) is 2.20. The van der Waals surface area contributed by atoms with Gasteiger partial charge in [-0.05, 0) is 26.0 Å². The average molecular weight is 410 g/mol. The highest BCUT2D eigenvalue weighted by Gasteiger charge is 2.30. The van der Waals surface area contributed by atoms with Gasteiger partial charge in [0.15, 0.2) is 10.5 Å². The number of aromatic nitrogens is 1. The van der Waals surface area contributed by atoms with E-state index >= 15 is 0 Å². The van der Waals surface area contributed by atoms with Crippen LogP contribution in [-0.4, -0.2) is 34.4 Å². The summed E-state index contributed by atoms with van der Waals surface area (Å²) in [6.07, 6.45) is 0.242. The molecular weight excluding hydrogens is 395 g/mol. The van der Waals surface area contributed by atoms with Gasteiger partial charge in [0, 0.05) is 12.3 Å². The number of carbonyl (C=O) groups is 3. The number of hydrogen-bond donors (Lipinski definition) is 3. The van der Waals surface area contributed by atoms with Gasteiger partial charge in [-0.2, -0.15) is 4.39 Å². The van der Waals surface area contributed by atoms with Gasteiger partial charge in [0.2, 0.25) is 0 Å². The Morgan fingerprint density at radius 1 is 1.37 bits per heavy atom. The van der Waals surface area contributed by atoms with E-state index in [2.05, 4.69) is 15.6 Å². The second kappa shape index (κ2) is 7.92. The summed E-state index contributed by atoms with van der Waals surface area (Å²) in [6.45, 7) is 3.25. The number of alkyl carbamates (subject to hydrolysis) is 1. The van der Waals surface area contributed by atoms with Crippen molar-refractivity contribution < 1.29 is 23.5 Å². The van der Waals surface area contributed by atoms with E-state index in [1.54, 1.807) is 32.2 Å². The standard InChI is InChI=1S/C16H15FN4O4S2/c1-7(2)25-16(24)21-11(22)8-6-10(17)26-13(8)20-12(23)15-19-9-4-3-5-18-14(9)27-15/h3-7,15,19H,1-2H3,(H,20,23)(H,21,22,24). The molecule has 0 spiro atoms. The molecule has 8 nitrogen and oxygen atoms in total. The maximum absolute atomic E-state index is 13.7. The van der Waals surface area contributed by atoms with Crippen molar-refractivity contribution in [2.24, 2.45) is 0 Å². The number of imide groups is 1. The van der Waals surface area contributed by atoms with Crippen molar-refractivity contribution in [1.82, 2.24) is 10.3 Å². The van der Waals surface area contributed by atoms with Crippen LogP contribution in [0.2, 0.25) is 0 Å². The van der Waals surface area contributed by atoms with E-state index in [-0.39, 0.29) is 10.6 Å². The summed E-state index contributed by atoms with van der Waals surface area (Å²) in [6, 6.07) is 4.47.